The van der Waals surface area contributed by atoms with Gasteiger partial charge in [0.1, 0.15) is 0 Å². The second-order valence-electron chi connectivity index (χ2n) is 2.12. The van der Waals surface area contributed by atoms with E-state index in [-0.39, 0.29) is 12.4 Å². The summed E-state index contributed by atoms with van der Waals surface area (Å²) in [6.45, 7) is 0.527. The summed E-state index contributed by atoms with van der Waals surface area (Å²) in [7, 11) is 0. The summed E-state index contributed by atoms with van der Waals surface area (Å²) in [4.78, 5) is 0. The first-order chi connectivity index (χ1) is 5.24. The van der Waals surface area contributed by atoms with Gasteiger partial charge >= 0.3 is 0 Å². The van der Waals surface area contributed by atoms with Crippen LogP contribution in [0, 0.1) is 0 Å². The first-order valence-corrected chi connectivity index (χ1v) is 3.87. The van der Waals surface area contributed by atoms with Crippen LogP contribution in [0.1, 0.15) is 5.56 Å². The Hall–Kier alpha value is 0.01000. The second kappa shape index (κ2) is 5.62. The third-order valence-corrected chi connectivity index (χ3v) is 1.90. The zero-order chi connectivity index (χ0) is 8.27. The predicted octanol–water partition coefficient (Wildman–Crippen LogP) is 2.38. The SMILES string of the molecule is Cl.NNCc1cc(Cl)ccc1Cl. The van der Waals surface area contributed by atoms with Gasteiger partial charge in [-0.15, -0.1) is 12.4 Å². The summed E-state index contributed by atoms with van der Waals surface area (Å²) in [6.07, 6.45) is 0. The van der Waals surface area contributed by atoms with Gasteiger partial charge in [-0.2, -0.15) is 0 Å². The van der Waals surface area contributed by atoms with Gasteiger partial charge in [0, 0.05) is 16.6 Å². The Kier molecular flexibility index (Phi) is 5.63. The number of nitrogens with two attached hydrogens (primary N) is 1. The molecule has 0 bridgehead atoms. The van der Waals surface area contributed by atoms with Crippen molar-refractivity contribution < 1.29 is 0 Å². The van der Waals surface area contributed by atoms with Gasteiger partial charge in [0.05, 0.1) is 0 Å². The van der Waals surface area contributed by atoms with E-state index in [2.05, 4.69) is 5.43 Å². The number of hydrogen-bond donors (Lipinski definition) is 2. The third-order valence-electron chi connectivity index (χ3n) is 1.30. The largest absolute Gasteiger partial charge is 0.271 e. The Morgan fingerprint density at radius 2 is 2.00 bits per heavy atom. The van der Waals surface area contributed by atoms with E-state index in [0.29, 0.717) is 16.6 Å². The van der Waals surface area contributed by atoms with Gasteiger partial charge in [0.15, 0.2) is 0 Å². The lowest BCUT2D eigenvalue weighted by atomic mass is 10.2. The van der Waals surface area contributed by atoms with Crippen molar-refractivity contribution in [2.75, 3.05) is 0 Å². The van der Waals surface area contributed by atoms with Crippen LogP contribution in [0.5, 0.6) is 0 Å². The normalized spacial score (nSPS) is 9.25. The molecule has 1 aromatic rings. The highest BCUT2D eigenvalue weighted by atomic mass is 35.5. The van der Waals surface area contributed by atoms with Crippen LogP contribution in [0.4, 0.5) is 0 Å². The van der Waals surface area contributed by atoms with Gasteiger partial charge in [-0.05, 0) is 23.8 Å². The lowest BCUT2D eigenvalue weighted by Crippen LogP contribution is -2.20. The quantitative estimate of drug-likeness (QED) is 0.601. The minimum atomic E-state index is 0. The molecule has 0 radical (unpaired) electrons. The minimum Gasteiger partial charge on any atom is -0.271 e. The molecule has 0 unspecified atom stereocenters. The maximum Gasteiger partial charge on any atom is 0.0452 e. The van der Waals surface area contributed by atoms with Crippen molar-refractivity contribution in [3.63, 3.8) is 0 Å². The third kappa shape index (κ3) is 3.17. The molecule has 0 saturated carbocycles. The molecule has 1 rings (SSSR count). The Labute approximate surface area is 87.4 Å². The van der Waals surface area contributed by atoms with Crippen molar-refractivity contribution in [2.45, 2.75) is 6.54 Å². The molecule has 0 fully saturated rings. The van der Waals surface area contributed by atoms with Crippen molar-refractivity contribution in [1.29, 1.82) is 0 Å². The molecule has 0 saturated heterocycles. The maximum atomic E-state index is 5.82. The first kappa shape index (κ1) is 12.0. The van der Waals surface area contributed by atoms with Crippen molar-refractivity contribution in [1.82, 2.24) is 5.43 Å². The molecule has 0 spiro atoms. The molecule has 0 amide bonds. The molecule has 5 heteroatoms. The van der Waals surface area contributed by atoms with E-state index in [0.717, 1.165) is 5.56 Å². The number of rotatable bonds is 2. The van der Waals surface area contributed by atoms with E-state index < -0.39 is 0 Å². The predicted molar refractivity (Wildman–Crippen MR) is 54.7 cm³/mol. The summed E-state index contributed by atoms with van der Waals surface area (Å²) in [5, 5.41) is 1.34. The van der Waals surface area contributed by atoms with Gasteiger partial charge < -0.3 is 0 Å². The zero-order valence-corrected chi connectivity index (χ0v) is 8.51. The fourth-order valence-electron chi connectivity index (χ4n) is 0.789. The molecule has 0 aromatic heterocycles. The Morgan fingerprint density at radius 3 is 2.58 bits per heavy atom. The summed E-state index contributed by atoms with van der Waals surface area (Å²) < 4.78 is 0. The van der Waals surface area contributed by atoms with Crippen LogP contribution in [-0.2, 0) is 6.54 Å². The van der Waals surface area contributed by atoms with E-state index in [9.17, 15) is 0 Å². The monoisotopic (exact) mass is 226 g/mol. The molecule has 3 N–H and O–H groups in total. The van der Waals surface area contributed by atoms with E-state index >= 15 is 0 Å². The van der Waals surface area contributed by atoms with Crippen molar-refractivity contribution >= 4 is 35.6 Å². The van der Waals surface area contributed by atoms with Gasteiger partial charge in [-0.1, -0.05) is 23.2 Å². The molecule has 0 aliphatic heterocycles. The van der Waals surface area contributed by atoms with Crippen molar-refractivity contribution in [3.8, 4) is 0 Å². The number of benzene rings is 1. The topological polar surface area (TPSA) is 38.0 Å². The van der Waals surface area contributed by atoms with E-state index in [1.807, 2.05) is 0 Å². The van der Waals surface area contributed by atoms with Gasteiger partial charge in [0.2, 0.25) is 0 Å². The van der Waals surface area contributed by atoms with Crippen LogP contribution < -0.4 is 11.3 Å². The lowest BCUT2D eigenvalue weighted by Gasteiger charge is -2.02. The Bertz CT molecular complexity index is 252. The number of nitrogens with one attached hydrogen (secondary N) is 1. The zero-order valence-electron chi connectivity index (χ0n) is 6.18. The highest BCUT2D eigenvalue weighted by Crippen LogP contribution is 2.19. The molecule has 0 heterocycles. The lowest BCUT2D eigenvalue weighted by molar-refractivity contribution is 0.741. The molecular formula is C7H9Cl3N2. The summed E-state index contributed by atoms with van der Waals surface area (Å²) in [6, 6.07) is 5.27. The van der Waals surface area contributed by atoms with E-state index in [1.54, 1.807) is 18.2 Å². The smallest absolute Gasteiger partial charge is 0.0452 e. The molecular weight excluding hydrogens is 218 g/mol. The molecule has 0 aliphatic carbocycles. The van der Waals surface area contributed by atoms with Gasteiger partial charge in [-0.25, -0.2) is 0 Å². The van der Waals surface area contributed by atoms with Crippen molar-refractivity contribution in [3.05, 3.63) is 33.8 Å². The number of hydrogen-bond acceptors (Lipinski definition) is 2. The maximum absolute atomic E-state index is 5.82. The molecule has 0 aliphatic rings. The molecule has 0 atom stereocenters. The Morgan fingerprint density at radius 1 is 1.33 bits per heavy atom. The average Bonchev–Trinajstić information content (AvgIpc) is 1.98. The van der Waals surface area contributed by atoms with E-state index in [4.69, 9.17) is 29.0 Å². The van der Waals surface area contributed by atoms with E-state index in [1.165, 1.54) is 0 Å². The van der Waals surface area contributed by atoms with Crippen LogP contribution in [0.15, 0.2) is 18.2 Å². The fourth-order valence-corrected chi connectivity index (χ4v) is 1.17. The van der Waals surface area contributed by atoms with Gasteiger partial charge in [0.25, 0.3) is 0 Å². The van der Waals surface area contributed by atoms with Crippen LogP contribution in [0.3, 0.4) is 0 Å². The van der Waals surface area contributed by atoms with Crippen LogP contribution in [0.25, 0.3) is 0 Å². The van der Waals surface area contributed by atoms with Gasteiger partial charge in [-0.3, -0.25) is 11.3 Å². The second-order valence-corrected chi connectivity index (χ2v) is 2.96. The highest BCUT2D eigenvalue weighted by molar-refractivity contribution is 6.33. The summed E-state index contributed by atoms with van der Waals surface area (Å²) >= 11 is 11.5. The first-order valence-electron chi connectivity index (χ1n) is 3.11. The molecule has 68 valence electrons. The molecule has 1 aromatic carbocycles. The average molecular weight is 228 g/mol. The van der Waals surface area contributed by atoms with Crippen LogP contribution in [0.2, 0.25) is 10.0 Å². The Balaban J connectivity index is 0.00000121. The van der Waals surface area contributed by atoms with Crippen LogP contribution >= 0.6 is 35.6 Å². The number of hydrazine groups is 1. The van der Waals surface area contributed by atoms with Crippen LogP contribution in [-0.4, -0.2) is 0 Å². The molecule has 12 heavy (non-hydrogen) atoms. The van der Waals surface area contributed by atoms with Crippen molar-refractivity contribution in [2.24, 2.45) is 5.84 Å². The minimum absolute atomic E-state index is 0. The summed E-state index contributed by atoms with van der Waals surface area (Å²) in [5.41, 5.74) is 3.41. The number of halogens is 3. The highest BCUT2D eigenvalue weighted by Gasteiger charge is 1.98. The summed E-state index contributed by atoms with van der Waals surface area (Å²) in [5.74, 6) is 5.13. The standard InChI is InChI=1S/C7H8Cl2N2.ClH/c8-6-1-2-7(9)5(3-6)4-11-10;/h1-3,11H,4,10H2;1H. The fraction of sp³-hybridized carbons (Fsp3) is 0.143. The molecule has 2 nitrogen and oxygen atoms in total.